The molecule has 3 nitrogen and oxygen atoms in total. The third-order valence-corrected chi connectivity index (χ3v) is 4.90. The van der Waals surface area contributed by atoms with E-state index in [1.807, 2.05) is 36.4 Å². The van der Waals surface area contributed by atoms with Crippen LogP contribution in [0.3, 0.4) is 0 Å². The molecule has 2 rings (SSSR count). The van der Waals surface area contributed by atoms with Gasteiger partial charge < -0.3 is 4.74 Å². The molecule has 0 aromatic heterocycles. The van der Waals surface area contributed by atoms with E-state index in [0.29, 0.717) is 12.2 Å². The zero-order valence-electron chi connectivity index (χ0n) is 12.6. The molecule has 4 heteroatoms. The lowest BCUT2D eigenvalue weighted by atomic mass is 10.2. The minimum Gasteiger partial charge on any atom is -0.462 e. The fraction of sp³-hybridized carbons (Fsp3) is 0.278. The maximum absolute atomic E-state index is 11.7. The quantitative estimate of drug-likeness (QED) is 0.460. The molecule has 1 atom stereocenters. The van der Waals surface area contributed by atoms with Crippen LogP contribution in [-0.4, -0.2) is 18.3 Å². The second kappa shape index (κ2) is 9.28. The first-order chi connectivity index (χ1) is 10.8. The van der Waals surface area contributed by atoms with E-state index in [1.54, 1.807) is 12.1 Å². The Hall–Kier alpha value is -1.78. The zero-order valence-corrected chi connectivity index (χ0v) is 13.4. The van der Waals surface area contributed by atoms with E-state index in [1.165, 1.54) is 4.90 Å². The molecule has 0 radical (unpaired) electrons. The number of ether oxygens (including phenoxy) is 1. The summed E-state index contributed by atoms with van der Waals surface area (Å²) in [6, 6.07) is 19.3. The third kappa shape index (κ3) is 5.54. The van der Waals surface area contributed by atoms with Crippen LogP contribution in [-0.2, 0) is 15.8 Å². The molecule has 22 heavy (non-hydrogen) atoms. The molecule has 0 aliphatic heterocycles. The van der Waals surface area contributed by atoms with Crippen LogP contribution in [0.5, 0.6) is 0 Å². The van der Waals surface area contributed by atoms with E-state index < -0.39 is 0 Å². The van der Waals surface area contributed by atoms with Gasteiger partial charge in [-0.3, -0.25) is 0 Å². The van der Waals surface area contributed by atoms with E-state index >= 15 is 0 Å². The summed E-state index contributed by atoms with van der Waals surface area (Å²) in [5, 5.41) is 6.18. The molecule has 0 saturated carbocycles. The third-order valence-electron chi connectivity index (χ3n) is 3.30. The highest BCUT2D eigenvalue weighted by atomic mass is 32.2. The van der Waals surface area contributed by atoms with Gasteiger partial charge in [-0.15, -0.1) is 5.14 Å². The molecular weight excluding hydrogens is 294 g/mol. The number of carbonyl (C=O) groups excluding carboxylic acids is 1. The Bertz CT molecular complexity index is 560. The van der Waals surface area contributed by atoms with E-state index in [-0.39, 0.29) is 17.1 Å². The minimum absolute atomic E-state index is 0.185. The number of hydrogen-bond acceptors (Lipinski definition) is 3. The Morgan fingerprint density at radius 2 is 1.55 bits per heavy atom. The lowest BCUT2D eigenvalue weighted by molar-refractivity contribution is 0.0498. The number of unbranched alkanes of at least 4 members (excludes halogenated alkanes) is 2. The molecule has 0 amide bonds. The van der Waals surface area contributed by atoms with Crippen LogP contribution in [0, 0.1) is 0 Å². The largest absolute Gasteiger partial charge is 0.462 e. The van der Waals surface area contributed by atoms with Crippen molar-refractivity contribution in [2.24, 2.45) is 5.14 Å². The van der Waals surface area contributed by atoms with Crippen molar-refractivity contribution in [2.75, 3.05) is 12.4 Å². The Morgan fingerprint density at radius 3 is 2.23 bits per heavy atom. The fourth-order valence-corrected chi connectivity index (χ4v) is 3.33. The van der Waals surface area contributed by atoms with Gasteiger partial charge in [0.25, 0.3) is 0 Å². The van der Waals surface area contributed by atoms with Crippen molar-refractivity contribution in [3.05, 3.63) is 66.2 Å². The second-order valence-electron chi connectivity index (χ2n) is 5.01. The van der Waals surface area contributed by atoms with Crippen molar-refractivity contribution < 1.29 is 9.53 Å². The van der Waals surface area contributed by atoms with Crippen LogP contribution in [0.25, 0.3) is 0 Å². The molecule has 0 bridgehead atoms. The van der Waals surface area contributed by atoms with Crippen LogP contribution in [0.4, 0.5) is 0 Å². The summed E-state index contributed by atoms with van der Waals surface area (Å²) < 4.78 is 5.25. The molecule has 2 aromatic carbocycles. The van der Waals surface area contributed by atoms with Crippen molar-refractivity contribution >= 4 is 17.1 Å². The minimum atomic E-state index is -0.247. The van der Waals surface area contributed by atoms with Crippen molar-refractivity contribution in [2.45, 2.75) is 24.2 Å². The average Bonchev–Trinajstić information content (AvgIpc) is 2.59. The monoisotopic (exact) mass is 316 g/mol. The number of nitrogens with two attached hydrogens (primary N) is 1. The van der Waals surface area contributed by atoms with Gasteiger partial charge in [0.2, 0.25) is 0 Å². The van der Waals surface area contributed by atoms with Crippen molar-refractivity contribution in [1.29, 1.82) is 0 Å². The summed E-state index contributed by atoms with van der Waals surface area (Å²) in [6.45, 7) is 0.470. The van der Waals surface area contributed by atoms with Crippen molar-refractivity contribution in [1.82, 2.24) is 0 Å². The SMILES string of the molecule is N[S+](CCCCCOC(=O)c1ccccc1)c1ccccc1. The molecule has 0 fully saturated rings. The maximum atomic E-state index is 11.7. The molecule has 2 aromatic rings. The molecule has 0 spiro atoms. The highest BCUT2D eigenvalue weighted by Gasteiger charge is 2.15. The predicted molar refractivity (Wildman–Crippen MR) is 91.7 cm³/mol. The maximum Gasteiger partial charge on any atom is 0.338 e. The number of benzene rings is 2. The summed E-state index contributed by atoms with van der Waals surface area (Å²) >= 11 is -0.185. The van der Waals surface area contributed by atoms with Crippen molar-refractivity contribution in [3.8, 4) is 0 Å². The number of hydrogen-bond donors (Lipinski definition) is 1. The smallest absolute Gasteiger partial charge is 0.338 e. The fourth-order valence-electron chi connectivity index (χ4n) is 2.07. The summed E-state index contributed by atoms with van der Waals surface area (Å²) in [4.78, 5) is 12.9. The van der Waals surface area contributed by atoms with Crippen molar-refractivity contribution in [3.63, 3.8) is 0 Å². The van der Waals surface area contributed by atoms with Gasteiger partial charge >= 0.3 is 5.97 Å². The zero-order chi connectivity index (χ0) is 15.6. The lowest BCUT2D eigenvalue weighted by Gasteiger charge is -2.05. The molecular formula is C18H22NO2S+. The van der Waals surface area contributed by atoms with Gasteiger partial charge in [0.05, 0.1) is 12.2 Å². The topological polar surface area (TPSA) is 52.3 Å². The molecule has 2 N–H and O–H groups in total. The number of rotatable bonds is 8. The summed E-state index contributed by atoms with van der Waals surface area (Å²) in [5.41, 5.74) is 0.607. The van der Waals surface area contributed by atoms with E-state index in [2.05, 4.69) is 12.1 Å². The van der Waals surface area contributed by atoms with Gasteiger partial charge in [-0.2, -0.15) is 0 Å². The Balaban J connectivity index is 1.57. The second-order valence-corrected chi connectivity index (χ2v) is 6.75. The molecule has 0 heterocycles. The highest BCUT2D eigenvalue weighted by molar-refractivity contribution is 7.94. The van der Waals surface area contributed by atoms with Gasteiger partial charge in [0.1, 0.15) is 16.8 Å². The molecule has 0 saturated heterocycles. The van der Waals surface area contributed by atoms with Crippen LogP contribution in [0.15, 0.2) is 65.6 Å². The van der Waals surface area contributed by atoms with Crippen LogP contribution in [0.2, 0.25) is 0 Å². The number of carbonyl (C=O) groups is 1. The van der Waals surface area contributed by atoms with Crippen LogP contribution in [0.1, 0.15) is 29.6 Å². The first-order valence-electron chi connectivity index (χ1n) is 7.50. The Kier molecular flexibility index (Phi) is 7.00. The van der Waals surface area contributed by atoms with Gasteiger partial charge in [0.15, 0.2) is 4.90 Å². The molecule has 1 unspecified atom stereocenters. The summed E-state index contributed by atoms with van der Waals surface area (Å²) in [6.07, 6.45) is 2.96. The average molecular weight is 316 g/mol. The molecule has 0 aliphatic rings. The lowest BCUT2D eigenvalue weighted by Crippen LogP contribution is -2.18. The van der Waals surface area contributed by atoms with Gasteiger partial charge in [-0.05, 0) is 43.5 Å². The first-order valence-corrected chi connectivity index (χ1v) is 8.95. The predicted octanol–water partition coefficient (Wildman–Crippen LogP) is 3.56. The first kappa shape index (κ1) is 16.6. The van der Waals surface area contributed by atoms with Crippen LogP contribution < -0.4 is 5.14 Å². The standard InChI is InChI=1S/C18H22NO2S/c19-22(17-12-6-2-7-13-17)15-9-3-8-14-21-18(20)16-10-4-1-5-11-16/h1-2,4-7,10-13H,3,8-9,14-15,19H2/q+1. The van der Waals surface area contributed by atoms with E-state index in [4.69, 9.17) is 9.88 Å². The Labute approximate surface area is 135 Å². The highest BCUT2D eigenvalue weighted by Crippen LogP contribution is 2.10. The van der Waals surface area contributed by atoms with Gasteiger partial charge in [0, 0.05) is 0 Å². The molecule has 0 aliphatic carbocycles. The van der Waals surface area contributed by atoms with Gasteiger partial charge in [-0.1, -0.05) is 36.4 Å². The summed E-state index contributed by atoms with van der Waals surface area (Å²) in [5.74, 6) is 0.736. The number of esters is 1. The van der Waals surface area contributed by atoms with Crippen LogP contribution >= 0.6 is 0 Å². The van der Waals surface area contributed by atoms with E-state index in [0.717, 1.165) is 25.0 Å². The Morgan fingerprint density at radius 1 is 0.909 bits per heavy atom. The molecule has 116 valence electrons. The summed E-state index contributed by atoms with van der Waals surface area (Å²) in [7, 11) is 0. The normalized spacial score (nSPS) is 11.9. The van der Waals surface area contributed by atoms with Gasteiger partial charge in [-0.25, -0.2) is 4.79 Å². The van der Waals surface area contributed by atoms with E-state index in [9.17, 15) is 4.79 Å².